The first-order valence-electron chi connectivity index (χ1n) is 10.2. The number of phenols is 2. The third-order valence-electron chi connectivity index (χ3n) is 4.76. The van der Waals surface area contributed by atoms with Crippen molar-refractivity contribution >= 4 is 17.3 Å². The van der Waals surface area contributed by atoms with Gasteiger partial charge >= 0.3 is 0 Å². The lowest BCUT2D eigenvalue weighted by molar-refractivity contribution is 0.0912. The van der Waals surface area contributed by atoms with Gasteiger partial charge in [-0.3, -0.25) is 14.4 Å². The van der Waals surface area contributed by atoms with Gasteiger partial charge in [-0.05, 0) is 18.2 Å². The van der Waals surface area contributed by atoms with Crippen LogP contribution in [-0.4, -0.2) is 80.8 Å². The molecule has 0 heterocycles. The summed E-state index contributed by atoms with van der Waals surface area (Å²) in [5, 5.41) is 54.6. The Morgan fingerprint density at radius 1 is 0.778 bits per heavy atom. The number of nitrogens with two attached hydrogens (primary N) is 3. The zero-order chi connectivity index (χ0) is 27.0. The molecule has 0 radical (unpaired) electrons. The number of phenolic OH excluding ortho intramolecular Hbond substituents is 2. The topological polar surface area (TPSA) is 274 Å². The van der Waals surface area contributed by atoms with Crippen LogP contribution >= 0.6 is 0 Å². The van der Waals surface area contributed by atoms with Gasteiger partial charge in [0.05, 0.1) is 59.6 Å². The predicted octanol–water partition coefficient (Wildman–Crippen LogP) is -1.66. The lowest BCUT2D eigenvalue weighted by Crippen LogP contribution is -2.38. The Morgan fingerprint density at radius 3 is 1.86 bits per heavy atom. The minimum atomic E-state index is -1.63. The van der Waals surface area contributed by atoms with Gasteiger partial charge in [-0.25, -0.2) is 0 Å². The Bertz CT molecular complexity index is 1160. The number of nitrogens with zero attached hydrogens (tertiary/aromatic N) is 2. The lowest BCUT2D eigenvalue weighted by atomic mass is 9.90. The summed E-state index contributed by atoms with van der Waals surface area (Å²) in [6.45, 7) is -2.58. The second-order valence-corrected chi connectivity index (χ2v) is 7.33. The third kappa shape index (κ3) is 6.36. The fraction of sp³-hybridized carbons (Fsp3) is 0.286. The van der Waals surface area contributed by atoms with E-state index in [0.29, 0.717) is 0 Å². The third-order valence-corrected chi connectivity index (χ3v) is 4.76. The van der Waals surface area contributed by atoms with Gasteiger partial charge in [0.25, 0.3) is 0 Å². The van der Waals surface area contributed by atoms with E-state index in [1.807, 2.05) is 0 Å². The predicted molar refractivity (Wildman–Crippen MR) is 121 cm³/mol. The van der Waals surface area contributed by atoms with Crippen molar-refractivity contribution in [1.29, 1.82) is 0 Å². The zero-order valence-corrected chi connectivity index (χ0v) is 18.6. The molecule has 0 bridgehead atoms. The van der Waals surface area contributed by atoms with Crippen LogP contribution in [0.3, 0.4) is 0 Å². The summed E-state index contributed by atoms with van der Waals surface area (Å²) >= 11 is 0. The molecular formula is C21H25N5O10. The highest BCUT2D eigenvalue weighted by Crippen LogP contribution is 2.37. The molecule has 0 amide bonds. The number of aromatic hydroxyl groups is 2. The number of ketones is 3. The largest absolute Gasteiger partial charge is 0.508 e. The minimum absolute atomic E-state index is 0.0290. The van der Waals surface area contributed by atoms with Crippen molar-refractivity contribution in [3.8, 4) is 23.0 Å². The number of benzene rings is 2. The number of aliphatic hydroxyl groups is 3. The minimum Gasteiger partial charge on any atom is -0.508 e. The van der Waals surface area contributed by atoms with Crippen LogP contribution in [0.2, 0.25) is 0 Å². The second-order valence-electron chi connectivity index (χ2n) is 7.33. The maximum Gasteiger partial charge on any atom is 0.189 e. The number of aliphatic hydroxyl groups excluding tert-OH is 3. The van der Waals surface area contributed by atoms with Crippen LogP contribution in [0.5, 0.6) is 23.0 Å². The van der Waals surface area contributed by atoms with Gasteiger partial charge in [-0.2, -0.15) is 0 Å². The molecule has 0 fully saturated rings. The molecule has 194 valence electrons. The monoisotopic (exact) mass is 507 g/mol. The summed E-state index contributed by atoms with van der Waals surface area (Å²) in [4.78, 5) is 48.3. The fourth-order valence-electron chi connectivity index (χ4n) is 2.84. The molecule has 36 heavy (non-hydrogen) atoms. The van der Waals surface area contributed by atoms with E-state index in [4.69, 9.17) is 26.9 Å². The van der Waals surface area contributed by atoms with Crippen LogP contribution in [0.15, 0.2) is 40.9 Å². The number of rotatable bonds is 13. The van der Waals surface area contributed by atoms with Crippen molar-refractivity contribution < 1.29 is 49.6 Å². The van der Waals surface area contributed by atoms with Gasteiger partial charge in [-0.1, -0.05) is 6.07 Å². The van der Waals surface area contributed by atoms with E-state index in [0.717, 1.165) is 6.07 Å². The first kappa shape index (κ1) is 28.2. The molecule has 0 spiro atoms. The molecule has 0 aromatic heterocycles. The van der Waals surface area contributed by atoms with Gasteiger partial charge in [0.2, 0.25) is 0 Å². The molecule has 2 aromatic carbocycles. The molecule has 3 atom stereocenters. The highest BCUT2D eigenvalue weighted by atomic mass is 16.7. The van der Waals surface area contributed by atoms with Crippen molar-refractivity contribution in [2.24, 2.45) is 27.8 Å². The molecule has 0 aliphatic heterocycles. The Hall–Kier alpha value is -3.99. The number of hydrogen-bond acceptors (Lipinski definition) is 15. The van der Waals surface area contributed by atoms with Crippen LogP contribution in [0, 0.1) is 0 Å². The maximum absolute atomic E-state index is 12.9. The summed E-state index contributed by atoms with van der Waals surface area (Å²) < 4.78 is 0. The van der Waals surface area contributed by atoms with Gasteiger partial charge in [-0.15, -0.1) is 0 Å². The van der Waals surface area contributed by atoms with Crippen molar-refractivity contribution in [1.82, 2.24) is 0 Å². The maximum atomic E-state index is 12.9. The van der Waals surface area contributed by atoms with Gasteiger partial charge in [0.1, 0.15) is 17.1 Å². The van der Waals surface area contributed by atoms with E-state index in [1.54, 1.807) is 0 Å². The Morgan fingerprint density at radius 2 is 1.31 bits per heavy atom. The average Bonchev–Trinajstić information content (AvgIpc) is 2.88. The summed E-state index contributed by atoms with van der Waals surface area (Å²) in [5.41, 5.74) is 14.6. The van der Waals surface area contributed by atoms with Crippen LogP contribution in [-0.2, 0) is 0 Å². The first-order valence-corrected chi connectivity index (χ1v) is 10.2. The molecule has 0 unspecified atom stereocenters. The van der Waals surface area contributed by atoms with Crippen LogP contribution < -0.4 is 26.9 Å². The number of carbonyl (C=O) groups is 3. The van der Waals surface area contributed by atoms with Crippen LogP contribution in [0.4, 0.5) is 0 Å². The number of Topliss-reactive ketones (excluding diaryl/α,β-unsaturated/α-hetero) is 3. The Kier molecular flexibility index (Phi) is 9.92. The van der Waals surface area contributed by atoms with E-state index < -0.39 is 83.5 Å². The van der Waals surface area contributed by atoms with E-state index >= 15 is 0 Å². The highest BCUT2D eigenvalue weighted by Gasteiger charge is 2.34. The molecule has 0 aliphatic carbocycles. The van der Waals surface area contributed by atoms with Crippen molar-refractivity contribution in [2.75, 3.05) is 19.8 Å². The molecule has 15 nitrogen and oxygen atoms in total. The Labute approximate surface area is 203 Å². The molecule has 0 saturated heterocycles. The fourth-order valence-corrected chi connectivity index (χ4v) is 2.84. The highest BCUT2D eigenvalue weighted by molar-refractivity contribution is 6.15. The van der Waals surface area contributed by atoms with Gasteiger partial charge < -0.3 is 52.4 Å². The summed E-state index contributed by atoms with van der Waals surface area (Å²) in [5.74, 6) is -5.21. The standard InChI is InChI=1S/C21H25N5O10/c22-13(6-27)17(31)11-5-12(18(32)14(23)7-28)21(16(19(11)33)20(34)15(24)8-29)36-26-25-35-10-3-1-2-9(30)4-10/h1-5,13-15,27-30,33H,6-8,22-24H2/t13-,14-,15-/m0/s1. The molecular weight excluding hydrogens is 482 g/mol. The van der Waals surface area contributed by atoms with E-state index in [9.17, 15) is 39.9 Å². The summed E-state index contributed by atoms with van der Waals surface area (Å²) in [6.07, 6.45) is 0. The summed E-state index contributed by atoms with van der Waals surface area (Å²) in [7, 11) is 0. The molecule has 15 heteroatoms. The zero-order valence-electron chi connectivity index (χ0n) is 18.6. The first-order chi connectivity index (χ1) is 17.1. The Balaban J connectivity index is 2.68. The molecule has 0 saturated carbocycles. The van der Waals surface area contributed by atoms with Gasteiger partial charge in [0.15, 0.2) is 28.8 Å². The summed E-state index contributed by atoms with van der Waals surface area (Å²) in [6, 6.07) is 1.44. The SMILES string of the molecule is N[C@@H](CO)C(=O)c1cc(C(=O)[C@@H](N)CO)c(ON=NOc2cccc(O)c2)c(C(=O)[C@@H](N)CO)c1O. The van der Waals surface area contributed by atoms with Crippen molar-refractivity contribution in [3.05, 3.63) is 47.0 Å². The van der Waals surface area contributed by atoms with Crippen molar-refractivity contribution in [2.45, 2.75) is 18.1 Å². The molecule has 0 aliphatic rings. The van der Waals surface area contributed by atoms with E-state index in [1.165, 1.54) is 24.3 Å². The lowest BCUT2D eigenvalue weighted by Gasteiger charge is -2.19. The average molecular weight is 507 g/mol. The smallest absolute Gasteiger partial charge is 0.189 e. The quantitative estimate of drug-likeness (QED) is 0.0857. The number of carbonyl (C=O) groups excluding carboxylic acids is 3. The van der Waals surface area contributed by atoms with Crippen LogP contribution in [0.1, 0.15) is 31.1 Å². The van der Waals surface area contributed by atoms with Crippen LogP contribution in [0.25, 0.3) is 0 Å². The molecule has 2 aromatic rings. The number of hydrogen-bond donors (Lipinski definition) is 8. The normalized spacial score (nSPS) is 13.7. The molecule has 2 rings (SSSR count). The molecule has 11 N–H and O–H groups in total. The van der Waals surface area contributed by atoms with E-state index in [-0.39, 0.29) is 11.5 Å². The van der Waals surface area contributed by atoms with E-state index in [2.05, 4.69) is 10.6 Å². The second kappa shape index (κ2) is 12.6. The van der Waals surface area contributed by atoms with Gasteiger partial charge in [0, 0.05) is 6.07 Å². The van der Waals surface area contributed by atoms with Crippen molar-refractivity contribution in [3.63, 3.8) is 0 Å².